The molecule has 1 fully saturated rings. The number of aromatic nitrogens is 3. The van der Waals surface area contributed by atoms with Crippen LogP contribution in [0.25, 0.3) is 10.9 Å². The van der Waals surface area contributed by atoms with Gasteiger partial charge in [-0.2, -0.15) is 0 Å². The highest BCUT2D eigenvalue weighted by atomic mass is 32.2. The summed E-state index contributed by atoms with van der Waals surface area (Å²) in [6.07, 6.45) is 0. The van der Waals surface area contributed by atoms with E-state index >= 15 is 0 Å². The van der Waals surface area contributed by atoms with E-state index in [2.05, 4.69) is 20.0 Å². The summed E-state index contributed by atoms with van der Waals surface area (Å²) in [5.74, 6) is 2.70. The molecule has 0 spiro atoms. The summed E-state index contributed by atoms with van der Waals surface area (Å²) < 4.78 is 5.30. The van der Waals surface area contributed by atoms with Crippen LogP contribution in [0, 0.1) is 6.92 Å². The molecule has 34 heavy (non-hydrogen) atoms. The Kier molecular flexibility index (Phi) is 6.46. The van der Waals surface area contributed by atoms with Gasteiger partial charge in [0.15, 0.2) is 0 Å². The van der Waals surface area contributed by atoms with Gasteiger partial charge in [0.1, 0.15) is 17.4 Å². The van der Waals surface area contributed by atoms with Gasteiger partial charge in [0, 0.05) is 42.5 Å². The van der Waals surface area contributed by atoms with Crippen LogP contribution in [-0.2, 0) is 12.3 Å². The number of nitrogens with two attached hydrogens (primary N) is 1. The van der Waals surface area contributed by atoms with Gasteiger partial charge in [-0.3, -0.25) is 9.69 Å². The van der Waals surface area contributed by atoms with Crippen molar-refractivity contribution in [2.75, 3.05) is 31.9 Å². The van der Waals surface area contributed by atoms with E-state index < -0.39 is 0 Å². The molecule has 0 aliphatic carbocycles. The van der Waals surface area contributed by atoms with Crippen LogP contribution in [0.4, 0.5) is 5.82 Å². The maximum atomic E-state index is 13.3. The number of rotatable bonds is 6. The number of carbonyl (C=O) groups is 1. The van der Waals surface area contributed by atoms with Crippen molar-refractivity contribution >= 4 is 34.4 Å². The van der Waals surface area contributed by atoms with Crippen LogP contribution in [0.2, 0.25) is 0 Å². The van der Waals surface area contributed by atoms with E-state index in [1.807, 2.05) is 66.4 Å². The Morgan fingerprint density at radius 3 is 2.62 bits per heavy atom. The Bertz CT molecular complexity index is 1320. The lowest BCUT2D eigenvalue weighted by Crippen LogP contribution is -2.48. The van der Waals surface area contributed by atoms with Crippen molar-refractivity contribution < 1.29 is 9.32 Å². The Morgan fingerprint density at radius 2 is 1.82 bits per heavy atom. The minimum absolute atomic E-state index is 0.0581. The summed E-state index contributed by atoms with van der Waals surface area (Å²) in [5, 5.41) is 4.80. The largest absolute Gasteiger partial charge is 0.383 e. The molecule has 0 atom stereocenters. The second-order valence-corrected chi connectivity index (χ2v) is 9.35. The molecule has 0 bridgehead atoms. The lowest BCUT2D eigenvalue weighted by molar-refractivity contribution is 0.0622. The number of aryl methyl sites for hydroxylation is 1. The Labute approximate surface area is 202 Å². The van der Waals surface area contributed by atoms with Gasteiger partial charge in [-0.05, 0) is 31.2 Å². The number of amides is 1. The van der Waals surface area contributed by atoms with Crippen LogP contribution >= 0.6 is 11.8 Å². The van der Waals surface area contributed by atoms with E-state index in [9.17, 15) is 4.79 Å². The van der Waals surface area contributed by atoms with E-state index in [4.69, 9.17) is 10.3 Å². The standard InChI is InChI=1S/C25H26N6O2S/c1-17-14-18(33-29-17)16-34-22-9-5-3-7-20(22)25(32)31-12-10-30(11-13-31)15-23-27-21-8-4-2-6-19(21)24(26)28-23/h2-9,14H,10-13,15-16H2,1H3,(H2,26,27,28). The van der Waals surface area contributed by atoms with Crippen molar-refractivity contribution in [3.8, 4) is 0 Å². The molecule has 0 unspecified atom stereocenters. The predicted octanol–water partition coefficient (Wildman–Crippen LogP) is 3.76. The van der Waals surface area contributed by atoms with Crippen molar-refractivity contribution in [3.63, 3.8) is 0 Å². The Hall–Kier alpha value is -3.43. The molecule has 2 aromatic heterocycles. The zero-order valence-corrected chi connectivity index (χ0v) is 19.8. The average Bonchev–Trinajstić information content (AvgIpc) is 3.28. The molecule has 4 aromatic rings. The van der Waals surface area contributed by atoms with Crippen LogP contribution in [0.5, 0.6) is 0 Å². The van der Waals surface area contributed by atoms with Crippen molar-refractivity contribution in [3.05, 3.63) is 77.4 Å². The number of fused-ring (bicyclic) bond motifs is 1. The number of nitrogens with zero attached hydrogens (tertiary/aromatic N) is 5. The molecule has 1 aliphatic rings. The number of benzene rings is 2. The van der Waals surface area contributed by atoms with E-state index in [1.165, 1.54) is 0 Å². The number of anilines is 1. The van der Waals surface area contributed by atoms with Crippen LogP contribution in [0.15, 0.2) is 64.0 Å². The molecule has 2 N–H and O–H groups in total. The molecule has 5 rings (SSSR count). The third-order valence-corrected chi connectivity index (χ3v) is 6.96. The van der Waals surface area contributed by atoms with Gasteiger partial charge in [-0.15, -0.1) is 11.8 Å². The van der Waals surface area contributed by atoms with E-state index in [0.29, 0.717) is 37.0 Å². The predicted molar refractivity (Wildman–Crippen MR) is 132 cm³/mol. The zero-order chi connectivity index (χ0) is 23.5. The second kappa shape index (κ2) is 9.82. The van der Waals surface area contributed by atoms with Crippen molar-refractivity contribution in [2.24, 2.45) is 0 Å². The smallest absolute Gasteiger partial charge is 0.255 e. The number of hydrogen-bond acceptors (Lipinski definition) is 8. The molecular weight excluding hydrogens is 448 g/mol. The summed E-state index contributed by atoms with van der Waals surface area (Å²) in [6, 6.07) is 17.4. The number of nitrogen functional groups attached to an aromatic ring is 1. The molecule has 8 nitrogen and oxygen atoms in total. The van der Waals surface area contributed by atoms with Crippen molar-refractivity contribution in [2.45, 2.75) is 24.1 Å². The first-order chi connectivity index (χ1) is 16.6. The Balaban J connectivity index is 1.21. The molecule has 1 aliphatic heterocycles. The first kappa shape index (κ1) is 22.4. The molecule has 1 amide bonds. The van der Waals surface area contributed by atoms with Gasteiger partial charge >= 0.3 is 0 Å². The first-order valence-electron chi connectivity index (χ1n) is 11.2. The zero-order valence-electron chi connectivity index (χ0n) is 19.0. The lowest BCUT2D eigenvalue weighted by Gasteiger charge is -2.34. The van der Waals surface area contributed by atoms with Crippen LogP contribution < -0.4 is 5.73 Å². The molecular formula is C25H26N6O2S. The summed E-state index contributed by atoms with van der Waals surface area (Å²) in [6.45, 7) is 5.34. The van der Waals surface area contributed by atoms with Crippen LogP contribution in [0.3, 0.4) is 0 Å². The van der Waals surface area contributed by atoms with Crippen LogP contribution in [-0.4, -0.2) is 57.0 Å². The van der Waals surface area contributed by atoms with E-state index in [-0.39, 0.29) is 5.91 Å². The maximum Gasteiger partial charge on any atom is 0.255 e. The third-order valence-electron chi connectivity index (χ3n) is 5.87. The fourth-order valence-corrected chi connectivity index (χ4v) is 5.02. The second-order valence-electron chi connectivity index (χ2n) is 8.33. The number of thioether (sulfide) groups is 1. The molecule has 1 saturated heterocycles. The van der Waals surface area contributed by atoms with E-state index in [1.54, 1.807) is 11.8 Å². The fraction of sp³-hybridized carbons (Fsp3) is 0.280. The molecule has 174 valence electrons. The van der Waals surface area contributed by atoms with Gasteiger partial charge in [0.25, 0.3) is 5.91 Å². The number of carbonyl (C=O) groups excluding carboxylic acids is 1. The summed E-state index contributed by atoms with van der Waals surface area (Å²) in [4.78, 5) is 27.6. The van der Waals surface area contributed by atoms with Gasteiger partial charge in [-0.1, -0.05) is 29.4 Å². The van der Waals surface area contributed by atoms with Crippen molar-refractivity contribution in [1.82, 2.24) is 24.9 Å². The average molecular weight is 475 g/mol. The van der Waals surface area contributed by atoms with Gasteiger partial charge in [0.2, 0.25) is 0 Å². The summed E-state index contributed by atoms with van der Waals surface area (Å²) >= 11 is 1.59. The number of hydrogen-bond donors (Lipinski definition) is 1. The van der Waals surface area contributed by atoms with Gasteiger partial charge in [0.05, 0.1) is 29.1 Å². The topological polar surface area (TPSA) is 101 Å². The minimum Gasteiger partial charge on any atom is -0.383 e. The van der Waals surface area contributed by atoms with Crippen molar-refractivity contribution in [1.29, 1.82) is 0 Å². The molecule has 3 heterocycles. The summed E-state index contributed by atoms with van der Waals surface area (Å²) in [5.41, 5.74) is 8.57. The van der Waals surface area contributed by atoms with Gasteiger partial charge in [-0.25, -0.2) is 9.97 Å². The highest BCUT2D eigenvalue weighted by Gasteiger charge is 2.24. The highest BCUT2D eigenvalue weighted by molar-refractivity contribution is 7.98. The Morgan fingerprint density at radius 1 is 1.06 bits per heavy atom. The SMILES string of the molecule is Cc1cc(CSc2ccccc2C(=O)N2CCN(Cc3nc(N)c4ccccc4n3)CC2)on1. The third kappa shape index (κ3) is 4.90. The van der Waals surface area contributed by atoms with Crippen LogP contribution in [0.1, 0.15) is 27.6 Å². The fourth-order valence-electron chi connectivity index (χ4n) is 4.10. The molecule has 2 aromatic carbocycles. The van der Waals surface area contributed by atoms with Gasteiger partial charge < -0.3 is 15.2 Å². The number of para-hydroxylation sites is 1. The molecule has 9 heteroatoms. The number of piperazine rings is 1. The van der Waals surface area contributed by atoms with E-state index in [0.717, 1.165) is 45.9 Å². The first-order valence-corrected chi connectivity index (χ1v) is 12.2. The minimum atomic E-state index is 0.0581. The lowest BCUT2D eigenvalue weighted by atomic mass is 10.1. The summed E-state index contributed by atoms with van der Waals surface area (Å²) in [7, 11) is 0. The quantitative estimate of drug-likeness (QED) is 0.422. The maximum absolute atomic E-state index is 13.3. The normalized spacial score (nSPS) is 14.6. The molecule has 0 saturated carbocycles. The monoisotopic (exact) mass is 474 g/mol. The molecule has 0 radical (unpaired) electrons. The highest BCUT2D eigenvalue weighted by Crippen LogP contribution is 2.28.